The van der Waals surface area contributed by atoms with Gasteiger partial charge in [0.25, 0.3) is 0 Å². The molecule has 0 spiro atoms. The van der Waals surface area contributed by atoms with Crippen molar-refractivity contribution in [1.82, 2.24) is 15.4 Å². The highest BCUT2D eigenvalue weighted by Crippen LogP contribution is 2.18. The molecule has 1 saturated heterocycles. The smallest absolute Gasteiger partial charge is 0.310 e. The lowest BCUT2D eigenvalue weighted by Gasteiger charge is -2.33. The van der Waals surface area contributed by atoms with Crippen molar-refractivity contribution >= 4 is 35.9 Å². The van der Waals surface area contributed by atoms with E-state index in [1.165, 1.54) is 5.56 Å². The molecule has 7 nitrogen and oxygen atoms in total. The molecule has 148 valence electrons. The minimum absolute atomic E-state index is 0. The molecule has 1 fully saturated rings. The molecule has 1 aromatic rings. The van der Waals surface area contributed by atoms with E-state index in [4.69, 9.17) is 9.26 Å². The summed E-state index contributed by atoms with van der Waals surface area (Å²) in [5.41, 5.74) is 2.16. The van der Waals surface area contributed by atoms with Gasteiger partial charge in [-0.05, 0) is 46.5 Å². The van der Waals surface area contributed by atoms with Crippen LogP contribution in [0.3, 0.4) is 0 Å². The van der Waals surface area contributed by atoms with Crippen molar-refractivity contribution in [2.45, 2.75) is 46.5 Å². The van der Waals surface area contributed by atoms with Crippen LogP contribution in [0.4, 0.5) is 0 Å². The molecule has 0 aromatic carbocycles. The molecule has 0 aliphatic carbocycles. The third-order valence-electron chi connectivity index (χ3n) is 4.62. The number of nitrogens with zero attached hydrogens (tertiary/aromatic N) is 3. The number of halogens is 1. The fourth-order valence-electron chi connectivity index (χ4n) is 3.28. The van der Waals surface area contributed by atoms with Crippen molar-refractivity contribution in [2.75, 3.05) is 33.3 Å². The van der Waals surface area contributed by atoms with Gasteiger partial charge < -0.3 is 19.5 Å². The summed E-state index contributed by atoms with van der Waals surface area (Å²) in [7, 11) is 1.78. The molecule has 0 unspecified atom stereocenters. The van der Waals surface area contributed by atoms with Gasteiger partial charge >= 0.3 is 5.97 Å². The number of carbonyl (C=O) groups is 1. The molecule has 1 atom stereocenters. The summed E-state index contributed by atoms with van der Waals surface area (Å²) >= 11 is 0. The van der Waals surface area contributed by atoms with Gasteiger partial charge in [-0.3, -0.25) is 9.79 Å². The van der Waals surface area contributed by atoms with Crippen molar-refractivity contribution in [3.8, 4) is 0 Å². The van der Waals surface area contributed by atoms with Crippen molar-refractivity contribution in [1.29, 1.82) is 0 Å². The van der Waals surface area contributed by atoms with Crippen LogP contribution in [-0.2, 0) is 16.0 Å². The van der Waals surface area contributed by atoms with Gasteiger partial charge in [0, 0.05) is 32.2 Å². The maximum absolute atomic E-state index is 12.0. The Morgan fingerprint density at radius 2 is 2.23 bits per heavy atom. The normalized spacial score (nSPS) is 17.6. The minimum Gasteiger partial charge on any atom is -0.466 e. The van der Waals surface area contributed by atoms with Crippen LogP contribution in [0.5, 0.6) is 0 Å². The van der Waals surface area contributed by atoms with Crippen molar-refractivity contribution in [2.24, 2.45) is 10.9 Å². The predicted octanol–water partition coefficient (Wildman–Crippen LogP) is 2.69. The second-order valence-electron chi connectivity index (χ2n) is 6.42. The van der Waals surface area contributed by atoms with E-state index in [2.05, 4.69) is 20.4 Å². The van der Waals surface area contributed by atoms with E-state index >= 15 is 0 Å². The summed E-state index contributed by atoms with van der Waals surface area (Å²) in [5, 5.41) is 7.39. The van der Waals surface area contributed by atoms with E-state index in [1.807, 2.05) is 20.8 Å². The zero-order chi connectivity index (χ0) is 18.2. The molecule has 0 saturated carbocycles. The van der Waals surface area contributed by atoms with Gasteiger partial charge in [0.1, 0.15) is 5.76 Å². The number of ether oxygens (including phenoxy) is 1. The van der Waals surface area contributed by atoms with Crippen molar-refractivity contribution < 1.29 is 14.1 Å². The molecule has 1 N–H and O–H groups in total. The largest absolute Gasteiger partial charge is 0.466 e. The summed E-state index contributed by atoms with van der Waals surface area (Å²) in [6, 6.07) is 0. The van der Waals surface area contributed by atoms with Crippen LogP contribution >= 0.6 is 24.0 Å². The summed E-state index contributed by atoms with van der Waals surface area (Å²) in [6.07, 6.45) is 3.76. The number of hydrogen-bond acceptors (Lipinski definition) is 5. The molecule has 2 rings (SSSR count). The predicted molar refractivity (Wildman–Crippen MR) is 112 cm³/mol. The standard InChI is InChI=1S/C18H30N4O3.HI/c1-5-24-17(23)15-8-7-11-22(12-15)18(19-4)20-10-6-9-16-13(2)21-25-14(16)3;/h15H,5-12H2,1-4H3,(H,19,20);1H/t15-;/m0./s1. The first-order valence-corrected chi connectivity index (χ1v) is 9.10. The van der Waals surface area contributed by atoms with Crippen molar-refractivity contribution in [3.63, 3.8) is 0 Å². The number of guanidine groups is 1. The molecule has 2 heterocycles. The number of aliphatic imine (C=N–C) groups is 1. The molecular weight excluding hydrogens is 447 g/mol. The van der Waals surface area contributed by atoms with Gasteiger partial charge in [-0.2, -0.15) is 0 Å². The first-order valence-electron chi connectivity index (χ1n) is 9.10. The fraction of sp³-hybridized carbons (Fsp3) is 0.722. The van der Waals surface area contributed by atoms with Gasteiger partial charge in [0.2, 0.25) is 0 Å². The van der Waals surface area contributed by atoms with E-state index in [9.17, 15) is 4.79 Å². The van der Waals surface area contributed by atoms with Gasteiger partial charge in [0.05, 0.1) is 18.2 Å². The number of hydrogen-bond donors (Lipinski definition) is 1. The second-order valence-corrected chi connectivity index (χ2v) is 6.42. The van der Waals surface area contributed by atoms with E-state index in [0.29, 0.717) is 13.2 Å². The molecule has 1 aromatic heterocycles. The Hall–Kier alpha value is -1.32. The highest BCUT2D eigenvalue weighted by Gasteiger charge is 2.28. The van der Waals surface area contributed by atoms with Crippen LogP contribution in [0, 0.1) is 19.8 Å². The fourth-order valence-corrected chi connectivity index (χ4v) is 3.28. The molecule has 0 bridgehead atoms. The zero-order valence-corrected chi connectivity index (χ0v) is 18.5. The van der Waals surface area contributed by atoms with Crippen LogP contribution in [0.15, 0.2) is 9.52 Å². The highest BCUT2D eigenvalue weighted by molar-refractivity contribution is 14.0. The summed E-state index contributed by atoms with van der Waals surface area (Å²) in [4.78, 5) is 18.5. The quantitative estimate of drug-likeness (QED) is 0.223. The van der Waals surface area contributed by atoms with Crippen LogP contribution in [0.1, 0.15) is 43.2 Å². The second kappa shape index (κ2) is 11.4. The molecule has 1 aliphatic rings. The molecule has 0 amide bonds. The Kier molecular flexibility index (Phi) is 9.97. The van der Waals surface area contributed by atoms with Gasteiger partial charge in [-0.25, -0.2) is 0 Å². The first-order chi connectivity index (χ1) is 12.1. The average Bonchev–Trinajstić information content (AvgIpc) is 2.94. The van der Waals surface area contributed by atoms with E-state index in [1.54, 1.807) is 7.05 Å². The SMILES string of the molecule is CCOC(=O)[C@H]1CCCN(C(=NC)NCCCc2c(C)noc2C)C1.I. The van der Waals surface area contributed by atoms with E-state index < -0.39 is 0 Å². The Morgan fingerprint density at radius 1 is 1.46 bits per heavy atom. The number of piperidine rings is 1. The number of nitrogens with one attached hydrogen (secondary N) is 1. The minimum atomic E-state index is -0.0962. The molecule has 0 radical (unpaired) electrons. The lowest BCUT2D eigenvalue weighted by Crippen LogP contribution is -2.48. The molecular formula is C18H31IN4O3. The number of likely N-dealkylation sites (tertiary alicyclic amines) is 1. The topological polar surface area (TPSA) is 80.0 Å². The molecule has 8 heteroatoms. The number of carbonyl (C=O) groups excluding carboxylic acids is 1. The van der Waals surface area contributed by atoms with Crippen LogP contribution in [0.2, 0.25) is 0 Å². The Labute approximate surface area is 172 Å². The van der Waals surface area contributed by atoms with Crippen LogP contribution in [-0.4, -0.2) is 55.3 Å². The van der Waals surface area contributed by atoms with E-state index in [-0.39, 0.29) is 35.9 Å². The zero-order valence-electron chi connectivity index (χ0n) is 16.2. The Bertz CT molecular complexity index is 584. The Balaban J connectivity index is 0.00000338. The van der Waals surface area contributed by atoms with Crippen molar-refractivity contribution in [3.05, 3.63) is 17.0 Å². The lowest BCUT2D eigenvalue weighted by atomic mass is 9.98. The number of rotatable bonds is 6. The molecule has 26 heavy (non-hydrogen) atoms. The third-order valence-corrected chi connectivity index (χ3v) is 4.62. The average molecular weight is 478 g/mol. The monoisotopic (exact) mass is 478 g/mol. The van der Waals surface area contributed by atoms with E-state index in [0.717, 1.165) is 56.2 Å². The third kappa shape index (κ3) is 6.14. The van der Waals surface area contributed by atoms with Gasteiger partial charge in [0.15, 0.2) is 5.96 Å². The number of esters is 1. The maximum Gasteiger partial charge on any atom is 0.310 e. The summed E-state index contributed by atoms with van der Waals surface area (Å²) in [6.45, 7) is 8.60. The summed E-state index contributed by atoms with van der Waals surface area (Å²) in [5.74, 6) is 1.60. The first kappa shape index (κ1) is 22.7. The Morgan fingerprint density at radius 3 is 2.85 bits per heavy atom. The van der Waals surface area contributed by atoms with Crippen LogP contribution in [0.25, 0.3) is 0 Å². The van der Waals surface area contributed by atoms with Crippen LogP contribution < -0.4 is 5.32 Å². The van der Waals surface area contributed by atoms with Gasteiger partial charge in [-0.1, -0.05) is 5.16 Å². The lowest BCUT2D eigenvalue weighted by molar-refractivity contribution is -0.149. The summed E-state index contributed by atoms with van der Waals surface area (Å²) < 4.78 is 10.4. The maximum atomic E-state index is 12.0. The number of aryl methyl sites for hydroxylation is 2. The molecule has 1 aliphatic heterocycles. The number of aromatic nitrogens is 1. The van der Waals surface area contributed by atoms with Gasteiger partial charge in [-0.15, -0.1) is 24.0 Å². The highest BCUT2D eigenvalue weighted by atomic mass is 127.